The van der Waals surface area contributed by atoms with Crippen molar-refractivity contribution in [2.75, 3.05) is 12.4 Å². The van der Waals surface area contributed by atoms with Crippen LogP contribution in [0, 0.1) is 11.6 Å². The summed E-state index contributed by atoms with van der Waals surface area (Å²) in [5.74, 6) is -3.62. The minimum absolute atomic E-state index is 0.217. The first-order valence-corrected chi connectivity index (χ1v) is 9.10. The van der Waals surface area contributed by atoms with Gasteiger partial charge in [0.05, 0.1) is 12.7 Å². The summed E-state index contributed by atoms with van der Waals surface area (Å²) >= 11 is 0. The molecule has 1 amide bonds. The molecule has 1 saturated heterocycles. The van der Waals surface area contributed by atoms with Gasteiger partial charge in [-0.25, -0.2) is 4.39 Å². The SMILES string of the molecule is COc1c([C@@H]2CC(C)(C)O[C@H]2C(=O)Nc2ccnc(C(C)=O)c2)ccc(F)c1F. The lowest BCUT2D eigenvalue weighted by Crippen LogP contribution is -2.33. The summed E-state index contributed by atoms with van der Waals surface area (Å²) in [6.07, 6.45) is 0.862. The fourth-order valence-corrected chi connectivity index (χ4v) is 3.58. The number of hydrogen-bond acceptors (Lipinski definition) is 5. The fraction of sp³-hybridized carbons (Fsp3) is 0.381. The van der Waals surface area contributed by atoms with Crippen molar-refractivity contribution < 1.29 is 27.8 Å². The van der Waals surface area contributed by atoms with E-state index in [2.05, 4.69) is 10.3 Å². The van der Waals surface area contributed by atoms with Gasteiger partial charge in [-0.05, 0) is 38.5 Å². The van der Waals surface area contributed by atoms with Crippen LogP contribution < -0.4 is 10.1 Å². The van der Waals surface area contributed by atoms with Gasteiger partial charge in [-0.2, -0.15) is 4.39 Å². The number of methoxy groups -OCH3 is 1. The highest BCUT2D eigenvalue weighted by molar-refractivity contribution is 5.97. The lowest BCUT2D eigenvalue weighted by molar-refractivity contribution is -0.130. The molecule has 154 valence electrons. The molecule has 1 aromatic heterocycles. The van der Waals surface area contributed by atoms with Crippen LogP contribution in [-0.2, 0) is 9.53 Å². The molecule has 1 aliphatic heterocycles. The number of amides is 1. The van der Waals surface area contributed by atoms with Crippen LogP contribution in [0.3, 0.4) is 0 Å². The van der Waals surface area contributed by atoms with Crippen molar-refractivity contribution in [1.29, 1.82) is 0 Å². The molecule has 1 aromatic carbocycles. The third-order valence-electron chi connectivity index (χ3n) is 4.85. The summed E-state index contributed by atoms with van der Waals surface area (Å²) in [6.45, 7) is 5.02. The maximum Gasteiger partial charge on any atom is 0.254 e. The van der Waals surface area contributed by atoms with E-state index in [-0.39, 0.29) is 17.2 Å². The number of anilines is 1. The highest BCUT2D eigenvalue weighted by Crippen LogP contribution is 2.45. The molecule has 2 atom stereocenters. The Bertz CT molecular complexity index is 962. The zero-order valence-electron chi connectivity index (χ0n) is 16.6. The molecule has 1 fully saturated rings. The van der Waals surface area contributed by atoms with Gasteiger partial charge in [0.1, 0.15) is 11.8 Å². The van der Waals surface area contributed by atoms with E-state index < -0.39 is 35.2 Å². The quantitative estimate of drug-likeness (QED) is 0.766. The number of ketones is 1. The Balaban J connectivity index is 1.93. The average molecular weight is 404 g/mol. The van der Waals surface area contributed by atoms with Gasteiger partial charge in [0.2, 0.25) is 5.82 Å². The van der Waals surface area contributed by atoms with Crippen LogP contribution in [-0.4, -0.2) is 35.5 Å². The highest BCUT2D eigenvalue weighted by Gasteiger charge is 2.46. The van der Waals surface area contributed by atoms with E-state index in [1.54, 1.807) is 6.07 Å². The first-order chi connectivity index (χ1) is 13.6. The summed E-state index contributed by atoms with van der Waals surface area (Å²) in [5, 5.41) is 2.72. The number of aromatic nitrogens is 1. The molecule has 0 unspecified atom stereocenters. The number of nitrogens with zero attached hydrogens (tertiary/aromatic N) is 1. The smallest absolute Gasteiger partial charge is 0.254 e. The van der Waals surface area contributed by atoms with Gasteiger partial charge in [0.25, 0.3) is 5.91 Å². The van der Waals surface area contributed by atoms with Gasteiger partial charge in [0, 0.05) is 30.3 Å². The van der Waals surface area contributed by atoms with E-state index in [0.717, 1.165) is 6.07 Å². The van der Waals surface area contributed by atoms with Gasteiger partial charge in [-0.3, -0.25) is 14.6 Å². The Kier molecular flexibility index (Phi) is 5.66. The molecule has 2 heterocycles. The Morgan fingerprint density at radius 2 is 2.00 bits per heavy atom. The van der Waals surface area contributed by atoms with Crippen LogP contribution >= 0.6 is 0 Å². The zero-order chi connectivity index (χ0) is 21.3. The Morgan fingerprint density at radius 3 is 2.66 bits per heavy atom. The first-order valence-electron chi connectivity index (χ1n) is 9.10. The number of benzene rings is 1. The molecule has 6 nitrogen and oxygen atoms in total. The van der Waals surface area contributed by atoms with Crippen LogP contribution in [0.4, 0.5) is 14.5 Å². The second-order valence-electron chi connectivity index (χ2n) is 7.57. The third-order valence-corrected chi connectivity index (χ3v) is 4.85. The van der Waals surface area contributed by atoms with Crippen molar-refractivity contribution in [3.8, 4) is 5.75 Å². The van der Waals surface area contributed by atoms with E-state index in [1.165, 1.54) is 32.4 Å². The largest absolute Gasteiger partial charge is 0.493 e. The molecule has 0 saturated carbocycles. The minimum atomic E-state index is -1.10. The van der Waals surface area contributed by atoms with Gasteiger partial charge in [0.15, 0.2) is 17.3 Å². The van der Waals surface area contributed by atoms with Crippen LogP contribution in [0.1, 0.15) is 49.2 Å². The highest BCUT2D eigenvalue weighted by atomic mass is 19.2. The number of carbonyl (C=O) groups excluding carboxylic acids is 2. The first kappa shape index (κ1) is 20.9. The maximum absolute atomic E-state index is 14.2. The molecule has 0 spiro atoms. The van der Waals surface area contributed by atoms with Gasteiger partial charge in [-0.1, -0.05) is 6.07 Å². The lowest BCUT2D eigenvalue weighted by atomic mass is 9.86. The Morgan fingerprint density at radius 1 is 1.28 bits per heavy atom. The number of rotatable bonds is 5. The van der Waals surface area contributed by atoms with Crippen molar-refractivity contribution in [1.82, 2.24) is 4.98 Å². The van der Waals surface area contributed by atoms with E-state index >= 15 is 0 Å². The van der Waals surface area contributed by atoms with Crippen molar-refractivity contribution in [3.63, 3.8) is 0 Å². The number of halogens is 2. The molecule has 0 bridgehead atoms. The Hall–Kier alpha value is -2.87. The molecule has 1 N–H and O–H groups in total. The molecular weight excluding hydrogens is 382 g/mol. The second kappa shape index (κ2) is 7.87. The number of Topliss-reactive ketones (excluding diaryl/α,β-unsaturated/α-hetero) is 1. The van der Waals surface area contributed by atoms with Crippen molar-refractivity contribution >= 4 is 17.4 Å². The van der Waals surface area contributed by atoms with E-state index in [0.29, 0.717) is 17.7 Å². The third kappa shape index (κ3) is 4.27. The average Bonchev–Trinajstić information content (AvgIpc) is 2.99. The normalized spacial score (nSPS) is 20.3. The molecule has 3 rings (SSSR count). The van der Waals surface area contributed by atoms with E-state index in [1.807, 2.05) is 13.8 Å². The van der Waals surface area contributed by atoms with E-state index in [9.17, 15) is 18.4 Å². The molecular formula is C21H22F2N2O4. The summed E-state index contributed by atoms with van der Waals surface area (Å²) in [4.78, 5) is 28.4. The minimum Gasteiger partial charge on any atom is -0.493 e. The molecule has 0 aliphatic carbocycles. The summed E-state index contributed by atoms with van der Waals surface area (Å²) in [5.41, 5.74) is 0.302. The summed E-state index contributed by atoms with van der Waals surface area (Å²) < 4.78 is 38.9. The molecule has 2 aromatic rings. The number of carbonyl (C=O) groups is 2. The van der Waals surface area contributed by atoms with Gasteiger partial charge in [-0.15, -0.1) is 0 Å². The van der Waals surface area contributed by atoms with Crippen LogP contribution in [0.2, 0.25) is 0 Å². The summed E-state index contributed by atoms with van der Waals surface area (Å²) in [6, 6.07) is 5.44. The summed E-state index contributed by atoms with van der Waals surface area (Å²) in [7, 11) is 1.25. The zero-order valence-corrected chi connectivity index (χ0v) is 16.6. The number of nitrogens with one attached hydrogen (secondary N) is 1. The number of ether oxygens (including phenoxy) is 2. The van der Waals surface area contributed by atoms with Crippen LogP contribution in [0.25, 0.3) is 0 Å². The standard InChI is InChI=1S/C21H22F2N2O4/c1-11(26)16-9-12(7-8-24-16)25-20(27)19-14(10-21(2,3)29-19)13-5-6-15(22)17(23)18(13)28-4/h5-9,14,19H,10H2,1-4H3,(H,24,25,27)/t14-,19+/m0/s1. The van der Waals surface area contributed by atoms with Crippen molar-refractivity contribution in [2.24, 2.45) is 0 Å². The van der Waals surface area contributed by atoms with Gasteiger partial charge < -0.3 is 14.8 Å². The molecule has 0 radical (unpaired) electrons. The monoisotopic (exact) mass is 404 g/mol. The predicted molar refractivity (Wildman–Crippen MR) is 102 cm³/mol. The topological polar surface area (TPSA) is 77.5 Å². The fourth-order valence-electron chi connectivity index (χ4n) is 3.58. The maximum atomic E-state index is 14.2. The van der Waals surface area contributed by atoms with Crippen molar-refractivity contribution in [3.05, 3.63) is 53.4 Å². The lowest BCUT2D eigenvalue weighted by Gasteiger charge is -2.21. The number of pyridine rings is 1. The molecule has 8 heteroatoms. The predicted octanol–water partition coefficient (Wildman–Crippen LogP) is 3.86. The molecule has 1 aliphatic rings. The van der Waals surface area contributed by atoms with E-state index in [4.69, 9.17) is 9.47 Å². The molecule has 29 heavy (non-hydrogen) atoms. The van der Waals surface area contributed by atoms with Crippen LogP contribution in [0.15, 0.2) is 30.5 Å². The van der Waals surface area contributed by atoms with Crippen molar-refractivity contribution in [2.45, 2.75) is 44.8 Å². The Labute approximate surface area is 167 Å². The van der Waals surface area contributed by atoms with Crippen LogP contribution in [0.5, 0.6) is 5.75 Å². The second-order valence-corrected chi connectivity index (χ2v) is 7.57. The van der Waals surface area contributed by atoms with Gasteiger partial charge >= 0.3 is 0 Å². The number of hydrogen-bond donors (Lipinski definition) is 1.